The maximum Gasteiger partial charge on any atom is 0.257 e. The number of aryl methyl sites for hydroxylation is 1. The molecule has 1 N–H and O–H groups in total. The number of fused-ring (bicyclic) bond motifs is 2. The van der Waals surface area contributed by atoms with E-state index in [4.69, 9.17) is 4.42 Å². The van der Waals surface area contributed by atoms with Crippen LogP contribution in [0.25, 0.3) is 0 Å². The average molecular weight is 220 g/mol. The van der Waals surface area contributed by atoms with Crippen molar-refractivity contribution in [3.8, 4) is 0 Å². The van der Waals surface area contributed by atoms with E-state index in [9.17, 15) is 4.79 Å². The Hall–Kier alpha value is -1.29. The second-order valence-electron chi connectivity index (χ2n) is 4.67. The smallest absolute Gasteiger partial charge is 0.257 e. The summed E-state index contributed by atoms with van der Waals surface area (Å²) in [5.74, 6) is 0.844. The fraction of sp³-hybridized carbons (Fsp3) is 0.583. The van der Waals surface area contributed by atoms with Crippen LogP contribution in [0.5, 0.6) is 0 Å². The van der Waals surface area contributed by atoms with Crippen LogP contribution in [0.4, 0.5) is 0 Å². The molecule has 2 fully saturated rings. The van der Waals surface area contributed by atoms with Crippen molar-refractivity contribution in [1.29, 1.82) is 0 Å². The summed E-state index contributed by atoms with van der Waals surface area (Å²) in [5, 5.41) is 3.45. The van der Waals surface area contributed by atoms with Crippen LogP contribution < -0.4 is 5.32 Å². The third-order valence-electron chi connectivity index (χ3n) is 3.71. The predicted molar refractivity (Wildman–Crippen MR) is 59.3 cm³/mol. The fourth-order valence-corrected chi connectivity index (χ4v) is 2.76. The molecule has 0 radical (unpaired) electrons. The Morgan fingerprint density at radius 1 is 1.62 bits per heavy atom. The Balaban J connectivity index is 1.83. The first-order valence-corrected chi connectivity index (χ1v) is 5.84. The van der Waals surface area contributed by atoms with E-state index in [-0.39, 0.29) is 5.91 Å². The zero-order valence-electron chi connectivity index (χ0n) is 9.40. The number of rotatable bonds is 1. The van der Waals surface area contributed by atoms with Crippen LogP contribution in [-0.4, -0.2) is 36.0 Å². The molecule has 3 heterocycles. The van der Waals surface area contributed by atoms with Gasteiger partial charge in [0.1, 0.15) is 5.76 Å². The summed E-state index contributed by atoms with van der Waals surface area (Å²) in [6.45, 7) is 3.64. The minimum absolute atomic E-state index is 0.124. The fourth-order valence-electron chi connectivity index (χ4n) is 2.76. The normalized spacial score (nSPS) is 28.4. The van der Waals surface area contributed by atoms with Gasteiger partial charge in [0.2, 0.25) is 0 Å². The molecule has 2 aliphatic rings. The first kappa shape index (κ1) is 9.90. The largest absolute Gasteiger partial charge is 0.469 e. The Kier molecular flexibility index (Phi) is 2.24. The summed E-state index contributed by atoms with van der Waals surface area (Å²) >= 11 is 0. The molecule has 2 bridgehead atoms. The van der Waals surface area contributed by atoms with E-state index in [1.807, 2.05) is 11.8 Å². The van der Waals surface area contributed by atoms with Crippen LogP contribution in [-0.2, 0) is 0 Å². The zero-order chi connectivity index (χ0) is 11.1. The summed E-state index contributed by atoms with van der Waals surface area (Å²) in [5.41, 5.74) is 0.713. The summed E-state index contributed by atoms with van der Waals surface area (Å²) < 4.78 is 5.19. The molecule has 3 rings (SSSR count). The number of amides is 1. The van der Waals surface area contributed by atoms with Crippen molar-refractivity contribution in [3.05, 3.63) is 23.7 Å². The third kappa shape index (κ3) is 1.45. The van der Waals surface area contributed by atoms with Crippen molar-refractivity contribution in [1.82, 2.24) is 10.2 Å². The highest BCUT2D eigenvalue weighted by Crippen LogP contribution is 2.25. The van der Waals surface area contributed by atoms with Gasteiger partial charge in [0.15, 0.2) is 0 Å². The molecule has 1 aromatic rings. The van der Waals surface area contributed by atoms with E-state index in [2.05, 4.69) is 5.32 Å². The SMILES string of the molecule is Cc1occc1C(=O)N1CCC2CC1CN2. The van der Waals surface area contributed by atoms with Gasteiger partial charge in [0.25, 0.3) is 5.91 Å². The van der Waals surface area contributed by atoms with E-state index < -0.39 is 0 Å². The molecule has 4 heteroatoms. The van der Waals surface area contributed by atoms with E-state index >= 15 is 0 Å². The lowest BCUT2D eigenvalue weighted by molar-refractivity contribution is 0.0656. The van der Waals surface area contributed by atoms with Gasteiger partial charge >= 0.3 is 0 Å². The molecule has 0 spiro atoms. The highest BCUT2D eigenvalue weighted by molar-refractivity contribution is 5.95. The number of nitrogens with zero attached hydrogens (tertiary/aromatic N) is 1. The van der Waals surface area contributed by atoms with Crippen molar-refractivity contribution >= 4 is 5.91 Å². The van der Waals surface area contributed by atoms with Gasteiger partial charge in [-0.2, -0.15) is 0 Å². The molecule has 1 aromatic heterocycles. The molecule has 2 unspecified atom stereocenters. The lowest BCUT2D eigenvalue weighted by atomic mass is 10.0. The molecule has 2 saturated heterocycles. The first-order chi connectivity index (χ1) is 7.75. The Morgan fingerprint density at radius 3 is 3.25 bits per heavy atom. The van der Waals surface area contributed by atoms with Crippen molar-refractivity contribution in [2.75, 3.05) is 13.1 Å². The Bertz CT molecular complexity index is 413. The van der Waals surface area contributed by atoms with Gasteiger partial charge in [0, 0.05) is 25.2 Å². The number of hydrogen-bond donors (Lipinski definition) is 1. The maximum atomic E-state index is 12.3. The van der Waals surface area contributed by atoms with Crippen molar-refractivity contribution < 1.29 is 9.21 Å². The number of carbonyl (C=O) groups is 1. The van der Waals surface area contributed by atoms with Crippen LogP contribution in [0.15, 0.2) is 16.7 Å². The van der Waals surface area contributed by atoms with Crippen LogP contribution in [0.1, 0.15) is 29.0 Å². The first-order valence-electron chi connectivity index (χ1n) is 5.84. The molecular weight excluding hydrogens is 204 g/mol. The third-order valence-corrected chi connectivity index (χ3v) is 3.71. The molecule has 2 atom stereocenters. The summed E-state index contributed by atoms with van der Waals surface area (Å²) in [6, 6.07) is 2.77. The molecule has 2 aliphatic heterocycles. The van der Waals surface area contributed by atoms with Gasteiger partial charge in [-0.25, -0.2) is 0 Å². The molecule has 16 heavy (non-hydrogen) atoms. The molecule has 0 aromatic carbocycles. The van der Waals surface area contributed by atoms with E-state index in [1.54, 1.807) is 12.3 Å². The topological polar surface area (TPSA) is 45.5 Å². The minimum atomic E-state index is 0.124. The summed E-state index contributed by atoms with van der Waals surface area (Å²) in [6.07, 6.45) is 3.75. The van der Waals surface area contributed by atoms with E-state index in [0.717, 1.165) is 31.7 Å². The minimum Gasteiger partial charge on any atom is -0.469 e. The molecular formula is C12H16N2O2. The van der Waals surface area contributed by atoms with Crippen molar-refractivity contribution in [2.24, 2.45) is 0 Å². The van der Waals surface area contributed by atoms with Gasteiger partial charge in [-0.3, -0.25) is 4.79 Å². The van der Waals surface area contributed by atoms with E-state index in [0.29, 0.717) is 17.6 Å². The number of furan rings is 1. The van der Waals surface area contributed by atoms with Gasteiger partial charge in [0.05, 0.1) is 11.8 Å². The van der Waals surface area contributed by atoms with Gasteiger partial charge in [-0.05, 0) is 25.8 Å². The molecule has 86 valence electrons. The molecule has 0 saturated carbocycles. The number of hydrogen-bond acceptors (Lipinski definition) is 3. The number of nitrogens with one attached hydrogen (secondary N) is 1. The molecule has 0 aliphatic carbocycles. The molecule has 1 amide bonds. The second-order valence-corrected chi connectivity index (χ2v) is 4.67. The quantitative estimate of drug-likeness (QED) is 0.772. The van der Waals surface area contributed by atoms with Crippen LogP contribution in [0.2, 0.25) is 0 Å². The van der Waals surface area contributed by atoms with Gasteiger partial charge < -0.3 is 14.6 Å². The highest BCUT2D eigenvalue weighted by atomic mass is 16.3. The zero-order valence-corrected chi connectivity index (χ0v) is 9.40. The van der Waals surface area contributed by atoms with E-state index in [1.165, 1.54) is 0 Å². The van der Waals surface area contributed by atoms with Crippen molar-refractivity contribution in [2.45, 2.75) is 31.8 Å². The van der Waals surface area contributed by atoms with Crippen molar-refractivity contribution in [3.63, 3.8) is 0 Å². The summed E-state index contributed by atoms with van der Waals surface area (Å²) in [7, 11) is 0. The number of likely N-dealkylation sites (tertiary alicyclic amines) is 1. The predicted octanol–water partition coefficient (Wildman–Crippen LogP) is 1.16. The molecule has 4 nitrogen and oxygen atoms in total. The monoisotopic (exact) mass is 220 g/mol. The Labute approximate surface area is 94.6 Å². The highest BCUT2D eigenvalue weighted by Gasteiger charge is 2.37. The van der Waals surface area contributed by atoms with Gasteiger partial charge in [-0.1, -0.05) is 0 Å². The van der Waals surface area contributed by atoms with Crippen LogP contribution in [0.3, 0.4) is 0 Å². The summed E-state index contributed by atoms with van der Waals surface area (Å²) in [4.78, 5) is 14.3. The lowest BCUT2D eigenvalue weighted by Crippen LogP contribution is -2.44. The second kappa shape index (κ2) is 3.63. The maximum absolute atomic E-state index is 12.3. The van der Waals surface area contributed by atoms with Gasteiger partial charge in [-0.15, -0.1) is 0 Å². The lowest BCUT2D eigenvalue weighted by Gasteiger charge is -2.32. The average Bonchev–Trinajstić information content (AvgIpc) is 2.86. The number of carbonyl (C=O) groups excluding carboxylic acids is 1. The number of piperidine rings is 1. The standard InChI is InChI=1S/C12H16N2O2/c1-8-11(3-5-16-8)12(15)14-4-2-9-6-10(14)7-13-9/h3,5,9-10,13H,2,4,6-7H2,1H3. The van der Waals surface area contributed by atoms with Crippen LogP contribution in [0, 0.1) is 6.92 Å². The van der Waals surface area contributed by atoms with Crippen LogP contribution >= 0.6 is 0 Å². The Morgan fingerprint density at radius 2 is 2.50 bits per heavy atom.